The molecule has 2 aliphatic heterocycles. The van der Waals surface area contributed by atoms with E-state index in [-0.39, 0.29) is 0 Å². The molecule has 3 unspecified atom stereocenters. The van der Waals surface area contributed by atoms with Crippen molar-refractivity contribution < 1.29 is 0 Å². The Balaban J connectivity index is 2.06. The number of hydrogen-bond acceptors (Lipinski definition) is 1. The lowest BCUT2D eigenvalue weighted by atomic mass is 9.77. The van der Waals surface area contributed by atoms with Crippen molar-refractivity contribution in [3.8, 4) is 0 Å². The van der Waals surface area contributed by atoms with Crippen LogP contribution in [0, 0.1) is 17.8 Å². The summed E-state index contributed by atoms with van der Waals surface area (Å²) < 4.78 is 0. The minimum Gasteiger partial charge on any atom is -0.314 e. The van der Waals surface area contributed by atoms with Crippen molar-refractivity contribution in [2.45, 2.75) is 45.6 Å². The molecule has 0 aromatic carbocycles. The Labute approximate surface area is 75.9 Å². The van der Waals surface area contributed by atoms with Crippen molar-refractivity contribution >= 4 is 0 Å². The first kappa shape index (κ1) is 8.55. The molecule has 0 aromatic heterocycles. The van der Waals surface area contributed by atoms with Crippen LogP contribution in [0.2, 0.25) is 0 Å². The molecular formula is C11H21N. The molecule has 0 amide bonds. The average molecular weight is 167 g/mol. The molecule has 2 saturated heterocycles. The lowest BCUT2D eigenvalue weighted by Crippen LogP contribution is -2.42. The van der Waals surface area contributed by atoms with Gasteiger partial charge in [-0.3, -0.25) is 0 Å². The Morgan fingerprint density at radius 2 is 2.08 bits per heavy atom. The highest BCUT2D eigenvalue weighted by Gasteiger charge is 2.34. The Morgan fingerprint density at radius 1 is 1.25 bits per heavy atom. The molecule has 3 aliphatic rings. The van der Waals surface area contributed by atoms with Gasteiger partial charge in [0, 0.05) is 6.04 Å². The van der Waals surface area contributed by atoms with Crippen LogP contribution in [-0.4, -0.2) is 12.6 Å². The molecule has 0 radical (unpaired) electrons. The molecule has 2 bridgehead atoms. The van der Waals surface area contributed by atoms with Gasteiger partial charge in [0.05, 0.1) is 0 Å². The van der Waals surface area contributed by atoms with E-state index in [0.29, 0.717) is 0 Å². The van der Waals surface area contributed by atoms with Crippen molar-refractivity contribution in [3.63, 3.8) is 0 Å². The molecule has 1 nitrogen and oxygen atoms in total. The first-order valence-corrected chi connectivity index (χ1v) is 5.50. The zero-order valence-electron chi connectivity index (χ0n) is 8.34. The van der Waals surface area contributed by atoms with Gasteiger partial charge in [0.25, 0.3) is 0 Å². The minimum atomic E-state index is 0.858. The summed E-state index contributed by atoms with van der Waals surface area (Å²) in [4.78, 5) is 0. The maximum Gasteiger partial charge on any atom is 0.00700 e. The van der Waals surface area contributed by atoms with Gasteiger partial charge in [0.15, 0.2) is 0 Å². The van der Waals surface area contributed by atoms with E-state index in [1.807, 2.05) is 0 Å². The second-order valence-corrected chi connectivity index (χ2v) is 4.94. The average Bonchev–Trinajstić information content (AvgIpc) is 2.36. The Morgan fingerprint density at radius 3 is 2.83 bits per heavy atom. The molecule has 2 heterocycles. The van der Waals surface area contributed by atoms with E-state index in [4.69, 9.17) is 0 Å². The zero-order chi connectivity index (χ0) is 8.55. The van der Waals surface area contributed by atoms with E-state index in [1.54, 1.807) is 0 Å². The molecule has 1 heteroatoms. The quantitative estimate of drug-likeness (QED) is 0.632. The highest BCUT2D eigenvalue weighted by atomic mass is 14.9. The predicted octanol–water partition coefficient (Wildman–Crippen LogP) is 2.42. The van der Waals surface area contributed by atoms with E-state index >= 15 is 0 Å². The smallest absolute Gasteiger partial charge is 0.00700 e. The second-order valence-electron chi connectivity index (χ2n) is 4.94. The second kappa shape index (κ2) is 3.37. The molecule has 3 fully saturated rings. The molecule has 12 heavy (non-hydrogen) atoms. The molecule has 3 atom stereocenters. The highest BCUT2D eigenvalue weighted by molar-refractivity contribution is 4.89. The van der Waals surface area contributed by atoms with Crippen molar-refractivity contribution in [2.75, 3.05) is 6.54 Å². The van der Waals surface area contributed by atoms with Crippen LogP contribution in [0.25, 0.3) is 0 Å². The van der Waals surface area contributed by atoms with Gasteiger partial charge in [0.2, 0.25) is 0 Å². The van der Waals surface area contributed by atoms with Gasteiger partial charge < -0.3 is 5.32 Å². The zero-order valence-corrected chi connectivity index (χ0v) is 8.34. The third kappa shape index (κ3) is 1.52. The van der Waals surface area contributed by atoms with Gasteiger partial charge in [-0.2, -0.15) is 0 Å². The summed E-state index contributed by atoms with van der Waals surface area (Å²) in [6.45, 7) is 6.09. The van der Waals surface area contributed by atoms with Crippen LogP contribution in [0.1, 0.15) is 39.5 Å². The molecular weight excluding hydrogens is 146 g/mol. The van der Waals surface area contributed by atoms with E-state index in [0.717, 1.165) is 23.8 Å². The summed E-state index contributed by atoms with van der Waals surface area (Å²) in [6, 6.07) is 0.858. The molecule has 1 N–H and O–H groups in total. The Kier molecular flexibility index (Phi) is 2.40. The fraction of sp³-hybridized carbons (Fsp3) is 1.00. The summed E-state index contributed by atoms with van der Waals surface area (Å²) in [7, 11) is 0. The van der Waals surface area contributed by atoms with Crippen molar-refractivity contribution in [1.29, 1.82) is 0 Å². The topological polar surface area (TPSA) is 12.0 Å². The van der Waals surface area contributed by atoms with Crippen LogP contribution in [0.5, 0.6) is 0 Å². The predicted molar refractivity (Wildman–Crippen MR) is 52.1 cm³/mol. The number of piperidine rings is 1. The fourth-order valence-electron chi connectivity index (χ4n) is 3.05. The molecule has 1 aliphatic carbocycles. The summed E-state index contributed by atoms with van der Waals surface area (Å²) in [5, 5.41) is 3.67. The standard InChI is InChI=1S/C11H21N/c1-8(2)11-6-10-5-3-4-9(11)7-12-10/h8-12H,3-7H2,1-2H3. The van der Waals surface area contributed by atoms with Gasteiger partial charge in [-0.15, -0.1) is 0 Å². The molecule has 3 rings (SSSR count). The maximum absolute atomic E-state index is 3.67. The molecule has 70 valence electrons. The number of hydrogen-bond donors (Lipinski definition) is 1. The van der Waals surface area contributed by atoms with Crippen LogP contribution in [-0.2, 0) is 0 Å². The third-order valence-corrected chi connectivity index (χ3v) is 3.81. The highest BCUT2D eigenvalue weighted by Crippen LogP contribution is 2.36. The van der Waals surface area contributed by atoms with Gasteiger partial charge in [-0.25, -0.2) is 0 Å². The van der Waals surface area contributed by atoms with Crippen LogP contribution in [0.3, 0.4) is 0 Å². The van der Waals surface area contributed by atoms with E-state index in [1.165, 1.54) is 32.2 Å². The van der Waals surface area contributed by atoms with Gasteiger partial charge >= 0.3 is 0 Å². The van der Waals surface area contributed by atoms with Gasteiger partial charge in [0.1, 0.15) is 0 Å². The summed E-state index contributed by atoms with van der Waals surface area (Å²) >= 11 is 0. The first-order valence-electron chi connectivity index (χ1n) is 5.50. The first-order chi connectivity index (χ1) is 5.77. The van der Waals surface area contributed by atoms with Crippen molar-refractivity contribution in [3.05, 3.63) is 0 Å². The normalized spacial score (nSPS) is 41.8. The largest absolute Gasteiger partial charge is 0.314 e. The van der Waals surface area contributed by atoms with Crippen molar-refractivity contribution in [1.82, 2.24) is 5.32 Å². The SMILES string of the molecule is CC(C)C1CC2CCCC1CN2. The monoisotopic (exact) mass is 167 g/mol. The van der Waals surface area contributed by atoms with Crippen LogP contribution >= 0.6 is 0 Å². The Hall–Kier alpha value is -0.0400. The number of nitrogens with one attached hydrogen (secondary N) is 1. The molecule has 1 saturated carbocycles. The molecule has 0 spiro atoms. The summed E-state index contributed by atoms with van der Waals surface area (Å²) in [6.07, 6.45) is 5.82. The lowest BCUT2D eigenvalue weighted by molar-refractivity contribution is 0.177. The lowest BCUT2D eigenvalue weighted by Gasteiger charge is -2.36. The fourth-order valence-corrected chi connectivity index (χ4v) is 3.05. The van der Waals surface area contributed by atoms with E-state index in [9.17, 15) is 0 Å². The van der Waals surface area contributed by atoms with Crippen molar-refractivity contribution in [2.24, 2.45) is 17.8 Å². The molecule has 0 aromatic rings. The van der Waals surface area contributed by atoms with Gasteiger partial charge in [-0.05, 0) is 43.6 Å². The summed E-state index contributed by atoms with van der Waals surface area (Å²) in [5.74, 6) is 2.90. The number of rotatable bonds is 1. The van der Waals surface area contributed by atoms with E-state index < -0.39 is 0 Å². The van der Waals surface area contributed by atoms with Crippen LogP contribution in [0.4, 0.5) is 0 Å². The number of fused-ring (bicyclic) bond motifs is 4. The van der Waals surface area contributed by atoms with Crippen LogP contribution < -0.4 is 5.32 Å². The van der Waals surface area contributed by atoms with E-state index in [2.05, 4.69) is 19.2 Å². The maximum atomic E-state index is 3.67. The third-order valence-electron chi connectivity index (χ3n) is 3.81. The van der Waals surface area contributed by atoms with Crippen LogP contribution in [0.15, 0.2) is 0 Å². The minimum absolute atomic E-state index is 0.858. The van der Waals surface area contributed by atoms with Gasteiger partial charge in [-0.1, -0.05) is 20.3 Å². The Bertz CT molecular complexity index is 149. The summed E-state index contributed by atoms with van der Waals surface area (Å²) in [5.41, 5.74) is 0.